The van der Waals surface area contributed by atoms with E-state index in [9.17, 15) is 38.4 Å². The molecule has 1 aromatic carbocycles. The molecule has 1 fully saturated rings. The van der Waals surface area contributed by atoms with E-state index < -0.39 is 53.6 Å². The molecule has 4 rings (SSSR count). The first-order valence-corrected chi connectivity index (χ1v) is 24.8. The van der Waals surface area contributed by atoms with Crippen LogP contribution in [0.3, 0.4) is 0 Å². The molecule has 3 heterocycles. The monoisotopic (exact) mass is 962 g/mol. The number of methoxy groups -OCH3 is 3. The quantitative estimate of drug-likeness (QED) is 0.0569. The minimum atomic E-state index is -1.21. The topological polar surface area (TPSA) is 193 Å². The number of fused-ring (bicyclic) bond motifs is 1. The van der Waals surface area contributed by atoms with Crippen LogP contribution in [0.1, 0.15) is 118 Å². The largest absolute Gasteiger partial charge is 0.469 e. The smallest absolute Gasteiger partial charge is 0.309 e. The van der Waals surface area contributed by atoms with Crippen molar-refractivity contribution in [2.45, 2.75) is 149 Å². The summed E-state index contributed by atoms with van der Waals surface area (Å²) in [7, 11) is 7.69. The van der Waals surface area contributed by atoms with Gasteiger partial charge in [0.05, 0.1) is 49.3 Å². The first kappa shape index (κ1) is 56.4. The molecule has 0 spiro atoms. The van der Waals surface area contributed by atoms with Crippen LogP contribution in [-0.2, 0) is 59.0 Å². The molecule has 16 heteroatoms. The molecule has 1 N–H and O–H groups in total. The number of aromatic amines is 1. The van der Waals surface area contributed by atoms with E-state index in [1.807, 2.05) is 58.2 Å². The molecular weight excluding hydrogens is 883 g/mol. The third kappa shape index (κ3) is 13.8. The Hall–Kier alpha value is -5.22. The van der Waals surface area contributed by atoms with Crippen molar-refractivity contribution in [2.75, 3.05) is 48.5 Å². The molecule has 69 heavy (non-hydrogen) atoms. The molecule has 16 nitrogen and oxygen atoms in total. The number of esters is 1. The number of carbonyl (C=O) groups excluding carboxylic acids is 8. The van der Waals surface area contributed by atoms with Gasteiger partial charge in [-0.25, -0.2) is 0 Å². The Labute approximate surface area is 409 Å². The highest BCUT2D eigenvalue weighted by atomic mass is 16.5. The lowest BCUT2D eigenvalue weighted by Crippen LogP contribution is -2.55. The van der Waals surface area contributed by atoms with E-state index in [4.69, 9.17) is 14.2 Å². The number of likely N-dealkylation sites (N-methyl/N-ethyl adjacent to an activating group) is 2. The van der Waals surface area contributed by atoms with Crippen LogP contribution in [-0.4, -0.2) is 150 Å². The summed E-state index contributed by atoms with van der Waals surface area (Å²) in [6.45, 7) is 13.7. The zero-order valence-corrected chi connectivity index (χ0v) is 43.2. The number of unbranched alkanes of at least 4 members (excludes halogenated alkanes) is 2. The molecule has 1 aromatic heterocycles. The number of amides is 5. The summed E-state index contributed by atoms with van der Waals surface area (Å²) in [6.07, 6.45) is 7.01. The van der Waals surface area contributed by atoms with E-state index in [1.165, 1.54) is 43.3 Å². The van der Waals surface area contributed by atoms with Gasteiger partial charge < -0.3 is 33.9 Å². The molecule has 5 amide bonds. The zero-order chi connectivity index (χ0) is 51.3. The average molecular weight is 962 g/mol. The van der Waals surface area contributed by atoms with Gasteiger partial charge in [-0.3, -0.25) is 43.3 Å². The second-order valence-electron chi connectivity index (χ2n) is 20.0. The summed E-state index contributed by atoms with van der Waals surface area (Å²) in [4.78, 5) is 117. The number of ketones is 2. The molecule has 0 bridgehead atoms. The van der Waals surface area contributed by atoms with Crippen LogP contribution in [0.15, 0.2) is 42.6 Å². The van der Waals surface area contributed by atoms with Crippen molar-refractivity contribution >= 4 is 58.0 Å². The Bertz CT molecular complexity index is 2150. The predicted molar refractivity (Wildman–Crippen MR) is 262 cm³/mol. The molecule has 2 aliphatic heterocycles. The Morgan fingerprint density at radius 3 is 2.16 bits per heavy atom. The van der Waals surface area contributed by atoms with Crippen LogP contribution in [0.25, 0.3) is 10.9 Å². The van der Waals surface area contributed by atoms with Gasteiger partial charge in [0.15, 0.2) is 5.78 Å². The fourth-order valence-corrected chi connectivity index (χ4v) is 10.1. The molecule has 0 radical (unpaired) electrons. The maximum absolute atomic E-state index is 14.6. The van der Waals surface area contributed by atoms with Gasteiger partial charge in [-0.15, -0.1) is 0 Å². The number of nitrogens with one attached hydrogen (secondary N) is 1. The summed E-state index contributed by atoms with van der Waals surface area (Å²) in [6, 6.07) is 6.84. The minimum absolute atomic E-state index is 0.0374. The van der Waals surface area contributed by atoms with Gasteiger partial charge in [0.25, 0.3) is 11.8 Å². The number of likely N-dealkylation sites (tertiary alicyclic amines) is 1. The van der Waals surface area contributed by atoms with Crippen LogP contribution in [0.2, 0.25) is 0 Å². The van der Waals surface area contributed by atoms with Gasteiger partial charge >= 0.3 is 5.97 Å². The van der Waals surface area contributed by atoms with Crippen molar-refractivity contribution in [3.63, 3.8) is 0 Å². The molecule has 0 saturated carbocycles. The normalized spacial score (nSPS) is 18.2. The van der Waals surface area contributed by atoms with Crippen LogP contribution in [0.5, 0.6) is 0 Å². The van der Waals surface area contributed by atoms with E-state index in [0.717, 1.165) is 16.5 Å². The van der Waals surface area contributed by atoms with Crippen molar-refractivity contribution in [3.05, 3.63) is 48.2 Å². The van der Waals surface area contributed by atoms with Crippen molar-refractivity contribution in [3.8, 4) is 0 Å². The number of aromatic nitrogens is 1. The highest BCUT2D eigenvalue weighted by Crippen LogP contribution is 2.33. The zero-order valence-electron chi connectivity index (χ0n) is 43.2. The number of rotatable bonds is 28. The number of nitrogens with zero attached hydrogens (tertiary/aromatic N) is 4. The highest BCUT2D eigenvalue weighted by Gasteiger charge is 2.44. The number of carbonyl (C=O) groups is 8. The number of hydrogen-bond donors (Lipinski definition) is 1. The number of hydrogen-bond acceptors (Lipinski definition) is 11. The third-order valence-corrected chi connectivity index (χ3v) is 15.1. The highest BCUT2D eigenvalue weighted by molar-refractivity contribution is 6.12. The molecule has 8 atom stereocenters. The summed E-state index contributed by atoms with van der Waals surface area (Å²) >= 11 is 0. The van der Waals surface area contributed by atoms with Crippen LogP contribution < -0.4 is 0 Å². The van der Waals surface area contributed by atoms with Crippen molar-refractivity contribution in [2.24, 2.45) is 29.6 Å². The first-order chi connectivity index (χ1) is 32.6. The SMILES string of the molecule is CC[C@H](C)[C@@H]([C@@H](CC(=O)N1CCC[C@H]1[C@H](OC)[C@@H](C)C(=O)C[C@@H](Cc1c[nH]c2ccccc12)C(=O)OC)OC)N(C)C(=O)[C@@H](CC(=O)C(C)(C)N(C)C(=O)CCCCCN1C(=O)C=CC1=O)C(C)C. The molecule has 2 aromatic rings. The number of para-hydroxylation sites is 1. The summed E-state index contributed by atoms with van der Waals surface area (Å²) in [5.41, 5.74) is 0.636. The fraction of sp³-hybridized carbons (Fsp3) is 0.660. The Morgan fingerprint density at radius 2 is 1.55 bits per heavy atom. The van der Waals surface area contributed by atoms with E-state index in [2.05, 4.69) is 4.98 Å². The fourth-order valence-electron chi connectivity index (χ4n) is 10.1. The maximum Gasteiger partial charge on any atom is 0.309 e. The van der Waals surface area contributed by atoms with E-state index >= 15 is 0 Å². The lowest BCUT2D eigenvalue weighted by atomic mass is 9.82. The van der Waals surface area contributed by atoms with E-state index in [-0.39, 0.29) is 85.2 Å². The lowest BCUT2D eigenvalue weighted by Gasteiger charge is -2.41. The van der Waals surface area contributed by atoms with Gasteiger partial charge in [0.1, 0.15) is 5.78 Å². The van der Waals surface area contributed by atoms with Gasteiger partial charge in [-0.1, -0.05) is 65.7 Å². The maximum atomic E-state index is 14.6. The van der Waals surface area contributed by atoms with Gasteiger partial charge in [0, 0.05) is 102 Å². The summed E-state index contributed by atoms with van der Waals surface area (Å²) < 4.78 is 17.3. The van der Waals surface area contributed by atoms with Crippen molar-refractivity contribution in [1.82, 2.24) is 24.6 Å². The number of imide groups is 1. The minimum Gasteiger partial charge on any atom is -0.469 e. The van der Waals surface area contributed by atoms with Gasteiger partial charge in [-0.05, 0) is 69.4 Å². The second-order valence-corrected chi connectivity index (χ2v) is 20.0. The Balaban J connectivity index is 1.41. The number of Topliss-reactive ketones (excluding diaryl/α,β-unsaturated/α-hetero) is 2. The van der Waals surface area contributed by atoms with Crippen LogP contribution in [0.4, 0.5) is 0 Å². The number of ether oxygens (including phenoxy) is 3. The molecule has 382 valence electrons. The van der Waals surface area contributed by atoms with E-state index in [1.54, 1.807) is 44.7 Å². The van der Waals surface area contributed by atoms with Crippen LogP contribution >= 0.6 is 0 Å². The third-order valence-electron chi connectivity index (χ3n) is 15.1. The summed E-state index contributed by atoms with van der Waals surface area (Å²) in [5.74, 6) is -4.65. The molecule has 0 aliphatic carbocycles. The van der Waals surface area contributed by atoms with Crippen molar-refractivity contribution < 1.29 is 52.6 Å². The molecule has 2 aliphatic rings. The lowest BCUT2D eigenvalue weighted by molar-refractivity contribution is -0.151. The second kappa shape index (κ2) is 25.6. The Kier molecular flexibility index (Phi) is 20.9. The number of H-pyrrole nitrogens is 1. The van der Waals surface area contributed by atoms with Crippen molar-refractivity contribution in [1.29, 1.82) is 0 Å². The first-order valence-electron chi connectivity index (χ1n) is 24.8. The average Bonchev–Trinajstić information content (AvgIpc) is 4.07. The predicted octanol–water partition coefficient (Wildman–Crippen LogP) is 6.33. The van der Waals surface area contributed by atoms with Gasteiger partial charge in [-0.2, -0.15) is 0 Å². The standard InChI is InChI=1S/C53H79N5O11/c1-13-34(4)49(55(8)51(65)39(33(2)3)30-44(60)53(6,7)56(9)45(61)23-15-14-18-26-58-46(62)24-25-47(58)63)43(67-10)31-48(64)57-27-19-22-41(57)50(68-11)35(5)42(59)29-36(52(66)69-12)28-37-32-54-40-21-17-16-20-38(37)40/h16-17,20-21,24-25,32-36,39,41,43,49-50,54H,13-15,18-19,22-23,26-31H2,1-12H3/t34-,35-,36+,39-,41-,43+,49-,50+/m0/s1. The molecular formula is C53H79N5O11. The molecule has 1 saturated heterocycles. The summed E-state index contributed by atoms with van der Waals surface area (Å²) in [5, 5.41) is 0.975. The molecule has 0 unspecified atom stereocenters. The number of benzene rings is 1. The Morgan fingerprint density at radius 1 is 0.884 bits per heavy atom. The van der Waals surface area contributed by atoms with Gasteiger partial charge in [0.2, 0.25) is 17.7 Å². The van der Waals surface area contributed by atoms with E-state index in [0.29, 0.717) is 51.5 Å². The van der Waals surface area contributed by atoms with Crippen LogP contribution in [0, 0.1) is 29.6 Å².